The largest absolute Gasteiger partial charge is 0.475 e. The maximum Gasteiger partial charge on any atom is 0.475 e. The Morgan fingerprint density at radius 1 is 0.743 bits per heavy atom. The Morgan fingerprint density at radius 3 is 1.69 bits per heavy atom. The minimum Gasteiger partial charge on any atom is -0.460 e. The standard InChI is InChI=1S/C26H29O7PS/c27-25(20-35-21-26(28)30-16-22-10-4-1-5-11-22)19-33-34(29,31-17-23-12-6-2-7-13-23)32-18-24-14-8-3-9-15-24/h1-15,25,27H,16-21H2/t25-/m1/s1. The van der Waals surface area contributed by atoms with Crippen molar-refractivity contribution in [2.24, 2.45) is 0 Å². The molecule has 0 spiro atoms. The van der Waals surface area contributed by atoms with Crippen molar-refractivity contribution in [2.45, 2.75) is 25.9 Å². The summed E-state index contributed by atoms with van der Waals surface area (Å²) in [6.45, 7) is -0.00444. The van der Waals surface area contributed by atoms with Gasteiger partial charge in [0.25, 0.3) is 0 Å². The number of rotatable bonds is 15. The Labute approximate surface area is 210 Å². The first-order chi connectivity index (χ1) is 17.0. The number of phosphoric ester groups is 1. The molecule has 0 aromatic heterocycles. The molecule has 186 valence electrons. The first kappa shape index (κ1) is 27.1. The zero-order valence-electron chi connectivity index (χ0n) is 19.2. The molecule has 0 fully saturated rings. The van der Waals surface area contributed by atoms with E-state index in [1.165, 1.54) is 11.8 Å². The van der Waals surface area contributed by atoms with E-state index >= 15 is 0 Å². The van der Waals surface area contributed by atoms with Crippen LogP contribution in [0.4, 0.5) is 0 Å². The van der Waals surface area contributed by atoms with E-state index in [2.05, 4.69) is 0 Å². The normalized spacial score (nSPS) is 12.3. The second-order valence-electron chi connectivity index (χ2n) is 7.58. The number of carbonyl (C=O) groups excluding carboxylic acids is 1. The van der Waals surface area contributed by atoms with Gasteiger partial charge in [0, 0.05) is 5.75 Å². The van der Waals surface area contributed by atoms with Crippen LogP contribution in [0.3, 0.4) is 0 Å². The van der Waals surface area contributed by atoms with Gasteiger partial charge in [-0.05, 0) is 16.7 Å². The summed E-state index contributed by atoms with van der Waals surface area (Å²) in [6.07, 6.45) is -0.976. The fourth-order valence-electron chi connectivity index (χ4n) is 2.85. The Morgan fingerprint density at radius 2 is 1.20 bits per heavy atom. The predicted octanol–water partition coefficient (Wildman–Crippen LogP) is 5.38. The van der Waals surface area contributed by atoms with E-state index in [0.29, 0.717) is 0 Å². The highest BCUT2D eigenvalue weighted by molar-refractivity contribution is 7.99. The molecule has 0 aliphatic rings. The smallest absolute Gasteiger partial charge is 0.460 e. The number of carbonyl (C=O) groups is 1. The quantitative estimate of drug-likeness (QED) is 0.213. The highest BCUT2D eigenvalue weighted by Crippen LogP contribution is 2.51. The third-order valence-electron chi connectivity index (χ3n) is 4.66. The van der Waals surface area contributed by atoms with Gasteiger partial charge in [-0.15, -0.1) is 11.8 Å². The number of thioether (sulfide) groups is 1. The van der Waals surface area contributed by atoms with Crippen molar-refractivity contribution in [1.82, 2.24) is 0 Å². The third kappa shape index (κ3) is 10.8. The number of aliphatic hydroxyl groups excluding tert-OH is 1. The van der Waals surface area contributed by atoms with Gasteiger partial charge in [0.2, 0.25) is 0 Å². The van der Waals surface area contributed by atoms with Crippen LogP contribution in [0.1, 0.15) is 16.7 Å². The fourth-order valence-corrected chi connectivity index (χ4v) is 4.78. The van der Waals surface area contributed by atoms with Gasteiger partial charge in [0.15, 0.2) is 0 Å². The van der Waals surface area contributed by atoms with Gasteiger partial charge in [-0.2, -0.15) is 0 Å². The molecule has 0 amide bonds. The van der Waals surface area contributed by atoms with Crippen LogP contribution < -0.4 is 0 Å². The van der Waals surface area contributed by atoms with E-state index in [-0.39, 0.29) is 43.9 Å². The fraction of sp³-hybridized carbons (Fsp3) is 0.269. The van der Waals surface area contributed by atoms with Gasteiger partial charge in [0.1, 0.15) is 6.61 Å². The molecule has 3 aromatic carbocycles. The second-order valence-corrected chi connectivity index (χ2v) is 10.3. The zero-order valence-corrected chi connectivity index (χ0v) is 20.9. The molecule has 0 bridgehead atoms. The van der Waals surface area contributed by atoms with E-state index in [4.69, 9.17) is 18.3 Å². The molecule has 0 radical (unpaired) electrons. The van der Waals surface area contributed by atoms with Crippen LogP contribution in [-0.4, -0.2) is 35.3 Å². The Hall–Kier alpha value is -2.45. The van der Waals surface area contributed by atoms with Gasteiger partial charge in [-0.25, -0.2) is 4.57 Å². The van der Waals surface area contributed by atoms with Crippen molar-refractivity contribution in [3.05, 3.63) is 108 Å². The minimum atomic E-state index is -3.96. The molecule has 0 saturated heterocycles. The molecular formula is C26H29O7PS. The van der Waals surface area contributed by atoms with Crippen LogP contribution >= 0.6 is 19.6 Å². The van der Waals surface area contributed by atoms with E-state index in [1.54, 1.807) is 0 Å². The lowest BCUT2D eigenvalue weighted by molar-refractivity contribution is -0.141. The summed E-state index contributed by atoms with van der Waals surface area (Å²) < 4.78 is 34.9. The zero-order chi connectivity index (χ0) is 24.8. The monoisotopic (exact) mass is 516 g/mol. The molecule has 3 rings (SSSR count). The number of benzene rings is 3. The average molecular weight is 517 g/mol. The number of ether oxygens (including phenoxy) is 1. The SMILES string of the molecule is O=C(CSC[C@H](O)COP(=O)(OCc1ccccc1)OCc1ccccc1)OCc1ccccc1. The van der Waals surface area contributed by atoms with Crippen molar-refractivity contribution >= 4 is 25.6 Å². The topological polar surface area (TPSA) is 91.3 Å². The van der Waals surface area contributed by atoms with Crippen LogP contribution in [0.15, 0.2) is 91.0 Å². The summed E-state index contributed by atoms with van der Waals surface area (Å²) in [7, 11) is -3.96. The van der Waals surface area contributed by atoms with Gasteiger partial charge in [-0.3, -0.25) is 18.4 Å². The van der Waals surface area contributed by atoms with Crippen molar-refractivity contribution < 1.29 is 32.8 Å². The number of hydrogen-bond acceptors (Lipinski definition) is 8. The van der Waals surface area contributed by atoms with Crippen LogP contribution in [0.25, 0.3) is 0 Å². The van der Waals surface area contributed by atoms with E-state index < -0.39 is 13.9 Å². The van der Waals surface area contributed by atoms with Gasteiger partial charge >= 0.3 is 13.8 Å². The van der Waals surface area contributed by atoms with Crippen LogP contribution in [0.5, 0.6) is 0 Å². The predicted molar refractivity (Wildman–Crippen MR) is 136 cm³/mol. The van der Waals surface area contributed by atoms with E-state index in [1.807, 2.05) is 91.0 Å². The van der Waals surface area contributed by atoms with E-state index in [0.717, 1.165) is 16.7 Å². The molecule has 0 saturated carbocycles. The molecule has 0 heterocycles. The molecule has 1 atom stereocenters. The van der Waals surface area contributed by atoms with Gasteiger partial charge in [-0.1, -0.05) is 91.0 Å². The van der Waals surface area contributed by atoms with Crippen molar-refractivity contribution in [2.75, 3.05) is 18.1 Å². The molecule has 0 unspecified atom stereocenters. The first-order valence-corrected chi connectivity index (χ1v) is 13.7. The molecule has 7 nitrogen and oxygen atoms in total. The lowest BCUT2D eigenvalue weighted by atomic mass is 10.2. The maximum atomic E-state index is 13.2. The Balaban J connectivity index is 1.43. The maximum absolute atomic E-state index is 13.2. The summed E-state index contributed by atoms with van der Waals surface area (Å²) in [4.78, 5) is 11.9. The van der Waals surface area contributed by atoms with Crippen molar-refractivity contribution in [3.8, 4) is 0 Å². The third-order valence-corrected chi connectivity index (χ3v) is 7.08. The van der Waals surface area contributed by atoms with Crippen LogP contribution in [-0.2, 0) is 47.5 Å². The summed E-state index contributed by atoms with van der Waals surface area (Å²) >= 11 is 1.20. The second kappa shape index (κ2) is 14.8. The number of phosphoric acid groups is 1. The van der Waals surface area contributed by atoms with Gasteiger partial charge in [0.05, 0.1) is 31.7 Å². The van der Waals surface area contributed by atoms with Gasteiger partial charge < -0.3 is 9.84 Å². The molecule has 1 N–H and O–H groups in total. The molecule has 3 aromatic rings. The summed E-state index contributed by atoms with van der Waals surface area (Å²) in [6, 6.07) is 27.9. The Kier molecular flexibility index (Phi) is 11.5. The molecule has 0 aliphatic carbocycles. The number of hydrogen-bond donors (Lipinski definition) is 1. The Bertz CT molecular complexity index is 1000. The van der Waals surface area contributed by atoms with Crippen molar-refractivity contribution in [1.29, 1.82) is 0 Å². The van der Waals surface area contributed by atoms with E-state index in [9.17, 15) is 14.5 Å². The molecule has 35 heavy (non-hydrogen) atoms. The molecule has 0 aliphatic heterocycles. The summed E-state index contributed by atoms with van der Waals surface area (Å²) in [5, 5.41) is 10.3. The van der Waals surface area contributed by atoms with Crippen molar-refractivity contribution in [3.63, 3.8) is 0 Å². The minimum absolute atomic E-state index is 0.0327. The van der Waals surface area contributed by atoms with Crippen LogP contribution in [0, 0.1) is 0 Å². The first-order valence-electron chi connectivity index (χ1n) is 11.1. The molecule has 9 heteroatoms. The summed E-state index contributed by atoms with van der Waals surface area (Å²) in [5.41, 5.74) is 2.52. The lowest BCUT2D eigenvalue weighted by Crippen LogP contribution is -2.19. The molecular weight excluding hydrogens is 487 g/mol. The van der Waals surface area contributed by atoms with Crippen LogP contribution in [0.2, 0.25) is 0 Å². The average Bonchev–Trinajstić information content (AvgIpc) is 2.90. The highest BCUT2D eigenvalue weighted by Gasteiger charge is 2.28. The number of esters is 1. The lowest BCUT2D eigenvalue weighted by Gasteiger charge is -2.20. The summed E-state index contributed by atoms with van der Waals surface area (Å²) in [5.74, 6) is -0.107. The highest BCUT2D eigenvalue weighted by atomic mass is 32.2. The number of aliphatic hydroxyl groups is 1.